The third kappa shape index (κ3) is 3.81. The summed E-state index contributed by atoms with van der Waals surface area (Å²) >= 11 is 0. The lowest BCUT2D eigenvalue weighted by atomic mass is 10.0. The molecule has 0 unspecified atom stereocenters. The zero-order valence-electron chi connectivity index (χ0n) is 13.0. The van der Waals surface area contributed by atoms with Gasteiger partial charge < -0.3 is 20.5 Å². The number of hydrogen-bond acceptors (Lipinski definition) is 4. The molecule has 0 atom stereocenters. The van der Waals surface area contributed by atoms with Gasteiger partial charge in [0.2, 0.25) is 5.91 Å². The molecule has 2 rings (SSSR count). The summed E-state index contributed by atoms with van der Waals surface area (Å²) in [5.74, 6) is 0.511. The van der Waals surface area contributed by atoms with Crippen LogP contribution >= 0.6 is 0 Å². The van der Waals surface area contributed by atoms with Crippen LogP contribution in [0.15, 0.2) is 18.2 Å². The first kappa shape index (κ1) is 15.9. The number of ether oxygens (including phenoxy) is 1. The summed E-state index contributed by atoms with van der Waals surface area (Å²) in [6.07, 6.45) is -1.07. The molecule has 22 heavy (non-hydrogen) atoms. The number of carboxylic acid groups (broad SMARTS) is 1. The second kappa shape index (κ2) is 6.13. The minimum absolute atomic E-state index is 0.140. The number of nitrogens with one attached hydrogen (secondary N) is 2. The fraction of sp³-hybridized carbons (Fsp3) is 0.467. The van der Waals surface area contributed by atoms with Gasteiger partial charge in [-0.25, -0.2) is 4.79 Å². The minimum atomic E-state index is -1.07. The van der Waals surface area contributed by atoms with E-state index in [0.717, 1.165) is 5.69 Å². The molecule has 0 aliphatic carbocycles. The van der Waals surface area contributed by atoms with Crippen LogP contribution in [0.3, 0.4) is 0 Å². The van der Waals surface area contributed by atoms with E-state index in [1.54, 1.807) is 32.0 Å². The number of carbonyl (C=O) groups excluding carboxylic acids is 1. The molecular formula is C15H21N3O4. The van der Waals surface area contributed by atoms with Crippen LogP contribution in [0.5, 0.6) is 5.75 Å². The maximum absolute atomic E-state index is 11.6. The smallest absolute Gasteiger partial charge is 0.411 e. The van der Waals surface area contributed by atoms with Gasteiger partial charge in [-0.3, -0.25) is 9.69 Å². The normalized spacial score (nSPS) is 13.4. The van der Waals surface area contributed by atoms with E-state index in [-0.39, 0.29) is 12.5 Å². The van der Waals surface area contributed by atoms with E-state index in [9.17, 15) is 14.7 Å². The van der Waals surface area contributed by atoms with Gasteiger partial charge in [0.1, 0.15) is 12.4 Å². The SMILES string of the molecule is CC(=O)NC(C)(C)CN(C(=O)O)c1ccc2c(c1)NCCO2. The second-order valence-electron chi connectivity index (χ2n) is 5.89. The van der Waals surface area contributed by atoms with Gasteiger partial charge in [-0.1, -0.05) is 0 Å². The summed E-state index contributed by atoms with van der Waals surface area (Å²) in [6.45, 7) is 6.38. The topological polar surface area (TPSA) is 90.9 Å². The van der Waals surface area contributed by atoms with E-state index >= 15 is 0 Å². The molecule has 7 heteroatoms. The molecule has 1 aromatic rings. The Labute approximate surface area is 129 Å². The lowest BCUT2D eigenvalue weighted by Crippen LogP contribution is -2.52. The monoisotopic (exact) mass is 307 g/mol. The molecule has 0 fully saturated rings. The van der Waals surface area contributed by atoms with Crippen molar-refractivity contribution in [1.82, 2.24) is 5.32 Å². The standard InChI is InChI=1S/C15H21N3O4/c1-10(19)17-15(2,3)9-18(14(20)21)11-4-5-13-12(8-11)16-6-7-22-13/h4-5,8,16H,6-7,9H2,1-3H3,(H,17,19)(H,20,21). The summed E-state index contributed by atoms with van der Waals surface area (Å²) in [4.78, 5) is 24.0. The molecule has 1 heterocycles. The quantitative estimate of drug-likeness (QED) is 0.790. The number of rotatable bonds is 4. The molecule has 1 aromatic carbocycles. The highest BCUT2D eigenvalue weighted by Gasteiger charge is 2.27. The van der Waals surface area contributed by atoms with Crippen LogP contribution in [0.2, 0.25) is 0 Å². The molecule has 0 aromatic heterocycles. The van der Waals surface area contributed by atoms with Crippen molar-refractivity contribution in [1.29, 1.82) is 0 Å². The van der Waals surface area contributed by atoms with Crippen LogP contribution in [-0.2, 0) is 4.79 Å². The number of amides is 2. The van der Waals surface area contributed by atoms with Gasteiger partial charge in [0.05, 0.1) is 17.8 Å². The molecule has 0 saturated heterocycles. The van der Waals surface area contributed by atoms with Crippen molar-refractivity contribution in [3.63, 3.8) is 0 Å². The number of fused-ring (bicyclic) bond motifs is 1. The fourth-order valence-corrected chi connectivity index (χ4v) is 2.48. The van der Waals surface area contributed by atoms with E-state index in [2.05, 4.69) is 10.6 Å². The van der Waals surface area contributed by atoms with Gasteiger partial charge in [-0.2, -0.15) is 0 Å². The molecule has 120 valence electrons. The molecule has 0 spiro atoms. The number of anilines is 2. The van der Waals surface area contributed by atoms with Gasteiger partial charge in [0, 0.05) is 19.2 Å². The number of benzene rings is 1. The highest BCUT2D eigenvalue weighted by molar-refractivity contribution is 5.88. The summed E-state index contributed by atoms with van der Waals surface area (Å²) < 4.78 is 5.49. The Balaban J connectivity index is 2.24. The van der Waals surface area contributed by atoms with Crippen LogP contribution in [0.25, 0.3) is 0 Å². The first-order valence-electron chi connectivity index (χ1n) is 7.08. The van der Waals surface area contributed by atoms with E-state index in [1.807, 2.05) is 0 Å². The largest absolute Gasteiger partial charge is 0.490 e. The third-order valence-corrected chi connectivity index (χ3v) is 3.25. The van der Waals surface area contributed by atoms with Gasteiger partial charge >= 0.3 is 6.09 Å². The van der Waals surface area contributed by atoms with Crippen molar-refractivity contribution in [2.75, 3.05) is 29.9 Å². The highest BCUT2D eigenvalue weighted by Crippen LogP contribution is 2.32. The average molecular weight is 307 g/mol. The minimum Gasteiger partial charge on any atom is -0.490 e. The Morgan fingerprint density at radius 3 is 2.82 bits per heavy atom. The lowest BCUT2D eigenvalue weighted by molar-refractivity contribution is -0.120. The molecular weight excluding hydrogens is 286 g/mol. The van der Waals surface area contributed by atoms with Crippen LogP contribution < -0.4 is 20.3 Å². The first-order valence-corrected chi connectivity index (χ1v) is 7.08. The van der Waals surface area contributed by atoms with E-state index in [0.29, 0.717) is 24.6 Å². The molecule has 0 radical (unpaired) electrons. The number of carbonyl (C=O) groups is 2. The predicted octanol–water partition coefficient (Wildman–Crippen LogP) is 1.89. The Bertz CT molecular complexity index is 586. The van der Waals surface area contributed by atoms with Gasteiger partial charge in [-0.15, -0.1) is 0 Å². The maximum Gasteiger partial charge on any atom is 0.411 e. The predicted molar refractivity (Wildman–Crippen MR) is 83.7 cm³/mol. The molecule has 3 N–H and O–H groups in total. The highest BCUT2D eigenvalue weighted by atomic mass is 16.5. The molecule has 0 bridgehead atoms. The van der Waals surface area contributed by atoms with Crippen LogP contribution in [0.4, 0.5) is 16.2 Å². The third-order valence-electron chi connectivity index (χ3n) is 3.25. The molecule has 0 saturated carbocycles. The van der Waals surface area contributed by atoms with E-state index in [1.165, 1.54) is 11.8 Å². The van der Waals surface area contributed by atoms with Gasteiger partial charge in [-0.05, 0) is 32.0 Å². The van der Waals surface area contributed by atoms with Crippen molar-refractivity contribution in [3.05, 3.63) is 18.2 Å². The zero-order valence-corrected chi connectivity index (χ0v) is 13.0. The second-order valence-corrected chi connectivity index (χ2v) is 5.89. The van der Waals surface area contributed by atoms with Crippen molar-refractivity contribution < 1.29 is 19.4 Å². The zero-order chi connectivity index (χ0) is 16.3. The maximum atomic E-state index is 11.6. The average Bonchev–Trinajstić information content (AvgIpc) is 2.42. The molecule has 2 amide bonds. The Morgan fingerprint density at radius 1 is 1.45 bits per heavy atom. The Hall–Kier alpha value is -2.44. The molecule has 1 aliphatic rings. The first-order chi connectivity index (χ1) is 10.3. The number of hydrogen-bond donors (Lipinski definition) is 3. The van der Waals surface area contributed by atoms with Gasteiger partial charge in [0.15, 0.2) is 0 Å². The van der Waals surface area contributed by atoms with Crippen molar-refractivity contribution in [2.24, 2.45) is 0 Å². The van der Waals surface area contributed by atoms with Crippen molar-refractivity contribution >= 4 is 23.4 Å². The summed E-state index contributed by atoms with van der Waals surface area (Å²) in [7, 11) is 0. The summed E-state index contributed by atoms with van der Waals surface area (Å²) in [5.41, 5.74) is 0.624. The summed E-state index contributed by atoms with van der Waals surface area (Å²) in [5, 5.41) is 15.4. The van der Waals surface area contributed by atoms with Crippen LogP contribution in [0.1, 0.15) is 20.8 Å². The molecule has 1 aliphatic heterocycles. The van der Waals surface area contributed by atoms with E-state index < -0.39 is 11.6 Å². The Kier molecular flexibility index (Phi) is 4.44. The van der Waals surface area contributed by atoms with Crippen LogP contribution in [0, 0.1) is 0 Å². The van der Waals surface area contributed by atoms with Crippen molar-refractivity contribution in [3.8, 4) is 5.75 Å². The van der Waals surface area contributed by atoms with Crippen LogP contribution in [-0.4, -0.2) is 42.3 Å². The molecule has 7 nitrogen and oxygen atoms in total. The lowest BCUT2D eigenvalue weighted by Gasteiger charge is -2.32. The van der Waals surface area contributed by atoms with E-state index in [4.69, 9.17) is 4.74 Å². The Morgan fingerprint density at radius 2 is 2.18 bits per heavy atom. The number of nitrogens with zero attached hydrogens (tertiary/aromatic N) is 1. The fourth-order valence-electron chi connectivity index (χ4n) is 2.48. The summed E-state index contributed by atoms with van der Waals surface area (Å²) in [6, 6.07) is 5.19. The van der Waals surface area contributed by atoms with Gasteiger partial charge in [0.25, 0.3) is 0 Å². The van der Waals surface area contributed by atoms with Crippen molar-refractivity contribution in [2.45, 2.75) is 26.3 Å².